The van der Waals surface area contributed by atoms with Crippen molar-refractivity contribution in [2.24, 2.45) is 0 Å². The lowest BCUT2D eigenvalue weighted by atomic mass is 10.1. The summed E-state index contributed by atoms with van der Waals surface area (Å²) >= 11 is 0. The quantitative estimate of drug-likeness (QED) is 0.329. The highest BCUT2D eigenvalue weighted by molar-refractivity contribution is 7.89. The second kappa shape index (κ2) is 9.59. The molecule has 2 aromatic rings. The van der Waals surface area contributed by atoms with Gasteiger partial charge in [-0.15, -0.1) is 0 Å². The molecule has 32 heavy (non-hydrogen) atoms. The molecule has 1 heterocycles. The third-order valence-electron chi connectivity index (χ3n) is 4.84. The van der Waals surface area contributed by atoms with Gasteiger partial charge in [-0.05, 0) is 18.2 Å². The Bertz CT molecular complexity index is 1150. The number of hydrogen-bond acceptors (Lipinski definition) is 8. The van der Waals surface area contributed by atoms with Crippen molar-refractivity contribution in [2.45, 2.75) is 32.0 Å². The highest BCUT2D eigenvalue weighted by atomic mass is 32.2. The minimum absolute atomic E-state index is 0.0777. The summed E-state index contributed by atoms with van der Waals surface area (Å²) < 4.78 is 56.5. The van der Waals surface area contributed by atoms with Crippen molar-refractivity contribution in [3.63, 3.8) is 0 Å². The molecule has 0 spiro atoms. The number of rotatable bonds is 8. The molecule has 1 aliphatic rings. The van der Waals surface area contributed by atoms with Crippen LogP contribution in [0.25, 0.3) is 0 Å². The van der Waals surface area contributed by atoms with Gasteiger partial charge in [0, 0.05) is 36.3 Å². The molecule has 0 bridgehead atoms. The number of halogens is 1. The van der Waals surface area contributed by atoms with E-state index in [9.17, 15) is 27.7 Å². The van der Waals surface area contributed by atoms with E-state index in [4.69, 9.17) is 14.2 Å². The van der Waals surface area contributed by atoms with Crippen molar-refractivity contribution in [3.05, 3.63) is 63.0 Å². The van der Waals surface area contributed by atoms with E-state index in [1.165, 1.54) is 16.4 Å². The van der Waals surface area contributed by atoms with Gasteiger partial charge in [0.1, 0.15) is 18.2 Å². The van der Waals surface area contributed by atoms with Gasteiger partial charge in [0.15, 0.2) is 6.79 Å². The lowest BCUT2D eigenvalue weighted by Crippen LogP contribution is -2.30. The molecular formula is C20H21FN2O8S. The van der Waals surface area contributed by atoms with Crippen molar-refractivity contribution in [3.8, 4) is 5.75 Å². The van der Waals surface area contributed by atoms with Crippen LogP contribution in [0.4, 0.5) is 10.1 Å². The number of ether oxygens (including phenoxy) is 3. The van der Waals surface area contributed by atoms with E-state index in [0.29, 0.717) is 5.56 Å². The zero-order chi connectivity index (χ0) is 23.5. The van der Waals surface area contributed by atoms with Crippen LogP contribution in [0.5, 0.6) is 5.75 Å². The number of carbonyl (C=O) groups excluding carboxylic acids is 1. The number of carbonyl (C=O) groups is 1. The Morgan fingerprint density at radius 2 is 1.97 bits per heavy atom. The summed E-state index contributed by atoms with van der Waals surface area (Å²) in [6, 6.07) is 5.35. The van der Waals surface area contributed by atoms with Gasteiger partial charge in [0.05, 0.1) is 22.0 Å². The van der Waals surface area contributed by atoms with E-state index < -0.39 is 38.9 Å². The van der Waals surface area contributed by atoms with Crippen molar-refractivity contribution in [1.82, 2.24) is 4.31 Å². The van der Waals surface area contributed by atoms with E-state index in [2.05, 4.69) is 0 Å². The molecule has 12 heteroatoms. The van der Waals surface area contributed by atoms with Crippen LogP contribution in [-0.2, 0) is 32.7 Å². The summed E-state index contributed by atoms with van der Waals surface area (Å²) in [6.07, 6.45) is 0. The summed E-state index contributed by atoms with van der Waals surface area (Å²) in [6.45, 7) is 3.28. The number of esters is 1. The van der Waals surface area contributed by atoms with Gasteiger partial charge in [-0.3, -0.25) is 10.1 Å². The number of nitro benzene ring substituents is 1. The fraction of sp³-hybridized carbons (Fsp3) is 0.350. The summed E-state index contributed by atoms with van der Waals surface area (Å²) in [5.41, 5.74) is -0.197. The molecule has 0 fully saturated rings. The Hall–Kier alpha value is -3.09. The minimum atomic E-state index is -3.92. The zero-order valence-corrected chi connectivity index (χ0v) is 18.2. The number of sulfonamides is 1. The predicted molar refractivity (Wildman–Crippen MR) is 109 cm³/mol. The van der Waals surface area contributed by atoms with Crippen LogP contribution in [0, 0.1) is 15.9 Å². The standard InChI is InChI=1S/C20H21FN2O8S/c1-3-22(4-2)32(27,28)16-5-6-18(21)17(9-16)20(24)30-11-14-8-15(23(25)26)7-13-10-29-12-31-19(13)14/h5-9H,3-4,10-12H2,1-2H3. The third-order valence-corrected chi connectivity index (χ3v) is 6.89. The van der Waals surface area contributed by atoms with Crippen LogP contribution in [0.15, 0.2) is 35.2 Å². The molecule has 0 saturated heterocycles. The first-order valence-electron chi connectivity index (χ1n) is 9.66. The molecule has 0 aliphatic carbocycles. The van der Waals surface area contributed by atoms with Crippen molar-refractivity contribution in [2.75, 3.05) is 19.9 Å². The Balaban J connectivity index is 1.87. The van der Waals surface area contributed by atoms with Gasteiger partial charge in [-0.1, -0.05) is 13.8 Å². The number of fused-ring (bicyclic) bond motifs is 1. The minimum Gasteiger partial charge on any atom is -0.467 e. The van der Waals surface area contributed by atoms with Gasteiger partial charge in [0.2, 0.25) is 10.0 Å². The fourth-order valence-corrected chi connectivity index (χ4v) is 4.73. The van der Waals surface area contributed by atoms with E-state index in [0.717, 1.165) is 18.2 Å². The summed E-state index contributed by atoms with van der Waals surface area (Å²) in [5.74, 6) is -1.79. The van der Waals surface area contributed by atoms with Gasteiger partial charge in [0.25, 0.3) is 5.69 Å². The number of hydrogen-bond donors (Lipinski definition) is 0. The fourth-order valence-electron chi connectivity index (χ4n) is 3.25. The molecule has 0 N–H and O–H groups in total. The average molecular weight is 468 g/mol. The summed E-state index contributed by atoms with van der Waals surface area (Å²) in [5, 5.41) is 11.2. The Kier molecular flexibility index (Phi) is 7.06. The SMILES string of the molecule is CCN(CC)S(=O)(=O)c1ccc(F)c(C(=O)OCc2cc([N+](=O)[O-])cc3c2OCOC3)c1. The maximum Gasteiger partial charge on any atom is 0.341 e. The summed E-state index contributed by atoms with van der Waals surface area (Å²) in [4.78, 5) is 22.9. The molecule has 172 valence electrons. The Morgan fingerprint density at radius 3 is 2.62 bits per heavy atom. The average Bonchev–Trinajstić information content (AvgIpc) is 2.77. The van der Waals surface area contributed by atoms with Crippen LogP contribution in [0.2, 0.25) is 0 Å². The molecule has 0 atom stereocenters. The molecule has 3 rings (SSSR count). The highest BCUT2D eigenvalue weighted by Crippen LogP contribution is 2.33. The van der Waals surface area contributed by atoms with Crippen LogP contribution in [-0.4, -0.2) is 43.5 Å². The van der Waals surface area contributed by atoms with Crippen molar-refractivity contribution in [1.29, 1.82) is 0 Å². The first kappa shape index (κ1) is 23.6. The summed E-state index contributed by atoms with van der Waals surface area (Å²) in [7, 11) is -3.92. The molecule has 2 aromatic carbocycles. The van der Waals surface area contributed by atoms with E-state index in [1.54, 1.807) is 13.8 Å². The number of benzene rings is 2. The predicted octanol–water partition coefficient (Wildman–Crippen LogP) is 2.99. The van der Waals surface area contributed by atoms with Crippen LogP contribution >= 0.6 is 0 Å². The van der Waals surface area contributed by atoms with Gasteiger partial charge < -0.3 is 14.2 Å². The number of nitro groups is 1. The van der Waals surface area contributed by atoms with Crippen molar-refractivity contribution >= 4 is 21.7 Å². The molecule has 1 aliphatic heterocycles. The lowest BCUT2D eigenvalue weighted by Gasteiger charge is -2.20. The second-order valence-electron chi connectivity index (χ2n) is 6.77. The normalized spacial score (nSPS) is 13.4. The molecule has 0 unspecified atom stereocenters. The molecular weight excluding hydrogens is 447 g/mol. The topological polar surface area (TPSA) is 125 Å². The lowest BCUT2D eigenvalue weighted by molar-refractivity contribution is -0.385. The van der Waals surface area contributed by atoms with Crippen LogP contribution in [0.3, 0.4) is 0 Å². The monoisotopic (exact) mass is 468 g/mol. The largest absolute Gasteiger partial charge is 0.467 e. The van der Waals surface area contributed by atoms with E-state index in [-0.39, 0.29) is 48.4 Å². The van der Waals surface area contributed by atoms with Gasteiger partial charge >= 0.3 is 5.97 Å². The number of non-ortho nitro benzene ring substituents is 1. The van der Waals surface area contributed by atoms with E-state index in [1.807, 2.05) is 0 Å². The Morgan fingerprint density at radius 1 is 1.25 bits per heavy atom. The first-order valence-corrected chi connectivity index (χ1v) is 11.1. The first-order chi connectivity index (χ1) is 15.2. The molecule has 10 nitrogen and oxygen atoms in total. The maximum absolute atomic E-state index is 14.3. The van der Waals surface area contributed by atoms with E-state index >= 15 is 0 Å². The smallest absolute Gasteiger partial charge is 0.341 e. The van der Waals surface area contributed by atoms with Crippen molar-refractivity contribution < 1.29 is 36.7 Å². The highest BCUT2D eigenvalue weighted by Gasteiger charge is 2.26. The van der Waals surface area contributed by atoms with Crippen LogP contribution in [0.1, 0.15) is 35.3 Å². The van der Waals surface area contributed by atoms with Gasteiger partial charge in [-0.2, -0.15) is 4.31 Å². The molecule has 0 saturated carbocycles. The maximum atomic E-state index is 14.3. The zero-order valence-electron chi connectivity index (χ0n) is 17.4. The molecule has 0 aromatic heterocycles. The van der Waals surface area contributed by atoms with Crippen LogP contribution < -0.4 is 4.74 Å². The molecule has 0 radical (unpaired) electrons. The molecule has 0 amide bonds. The third kappa shape index (κ3) is 4.71. The Labute approximate surface area is 183 Å². The number of nitrogens with zero attached hydrogens (tertiary/aromatic N) is 2. The second-order valence-corrected chi connectivity index (χ2v) is 8.71. The van der Waals surface area contributed by atoms with Gasteiger partial charge in [-0.25, -0.2) is 17.6 Å².